The Morgan fingerprint density at radius 2 is 1.76 bits per heavy atom. The number of hydrogen-bond donors (Lipinski definition) is 0. The summed E-state index contributed by atoms with van der Waals surface area (Å²) in [5, 5.41) is 0.226. The average Bonchev–Trinajstić information content (AvgIpc) is 2.79. The molecule has 212 valence electrons. The molecule has 1 heterocycles. The molecule has 3 atom stereocenters. The Labute approximate surface area is 228 Å². The van der Waals surface area contributed by atoms with E-state index in [-0.39, 0.29) is 23.2 Å². The highest BCUT2D eigenvalue weighted by Gasteiger charge is 2.48. The Morgan fingerprint density at radius 1 is 1.11 bits per heavy atom. The van der Waals surface area contributed by atoms with Gasteiger partial charge in [-0.25, -0.2) is 0 Å². The summed E-state index contributed by atoms with van der Waals surface area (Å²) in [4.78, 5) is 13.1. The monoisotopic (exact) mass is 534 g/mol. The molecule has 0 spiro atoms. The number of carbonyl (C=O) groups is 1. The van der Waals surface area contributed by atoms with Gasteiger partial charge in [0.05, 0.1) is 30.8 Å². The molecule has 0 aromatic heterocycles. The predicted octanol–water partition coefficient (Wildman–Crippen LogP) is 8.29. The van der Waals surface area contributed by atoms with Crippen LogP contribution in [0.5, 0.6) is 0 Å². The number of unbranched alkanes of at least 4 members (excludes halogenated alkanes) is 1. The van der Waals surface area contributed by atoms with E-state index in [9.17, 15) is 4.79 Å². The lowest BCUT2D eigenvalue weighted by Crippen LogP contribution is -2.53. The van der Waals surface area contributed by atoms with Gasteiger partial charge in [0.25, 0.3) is 0 Å². The molecule has 5 nitrogen and oxygen atoms in total. The Balaban J connectivity index is 2.78. The molecule has 37 heavy (non-hydrogen) atoms. The lowest BCUT2D eigenvalue weighted by molar-refractivity contribution is -0.307. The van der Waals surface area contributed by atoms with Crippen molar-refractivity contribution in [2.45, 2.75) is 124 Å². The normalized spacial score (nSPS) is 23.1. The molecule has 0 unspecified atom stereocenters. The number of esters is 1. The summed E-state index contributed by atoms with van der Waals surface area (Å²) in [6, 6.07) is 0. The van der Waals surface area contributed by atoms with E-state index in [4.69, 9.17) is 18.6 Å². The number of hydrogen-bond acceptors (Lipinski definition) is 5. The quantitative estimate of drug-likeness (QED) is 0.0782. The summed E-state index contributed by atoms with van der Waals surface area (Å²) in [6.45, 7) is 28.0. The van der Waals surface area contributed by atoms with Gasteiger partial charge in [0.1, 0.15) is 0 Å². The van der Waals surface area contributed by atoms with Crippen molar-refractivity contribution in [2.75, 3.05) is 13.2 Å². The Bertz CT molecular complexity index is 846. The van der Waals surface area contributed by atoms with Crippen molar-refractivity contribution in [3.63, 3.8) is 0 Å². The highest BCUT2D eigenvalue weighted by atomic mass is 28.4. The molecule has 0 amide bonds. The van der Waals surface area contributed by atoms with E-state index in [0.29, 0.717) is 26.1 Å². The van der Waals surface area contributed by atoms with Crippen LogP contribution < -0.4 is 0 Å². The van der Waals surface area contributed by atoms with Crippen molar-refractivity contribution >= 4 is 14.3 Å². The highest BCUT2D eigenvalue weighted by Crippen LogP contribution is 2.40. The first-order valence-electron chi connectivity index (χ1n) is 13.8. The van der Waals surface area contributed by atoms with Crippen LogP contribution in [0.4, 0.5) is 0 Å². The summed E-state index contributed by atoms with van der Waals surface area (Å²) < 4.78 is 23.9. The summed E-state index contributed by atoms with van der Waals surface area (Å²) >= 11 is 0. The second-order valence-corrected chi connectivity index (χ2v) is 17.3. The molecule has 0 aromatic carbocycles. The summed E-state index contributed by atoms with van der Waals surface area (Å²) in [5.41, 5.74) is 1.58. The molecule has 1 rings (SSSR count). The molecule has 1 fully saturated rings. The van der Waals surface area contributed by atoms with Gasteiger partial charge >= 0.3 is 5.97 Å². The predicted molar refractivity (Wildman–Crippen MR) is 157 cm³/mol. The summed E-state index contributed by atoms with van der Waals surface area (Å²) in [6.07, 6.45) is 13.0. The van der Waals surface area contributed by atoms with Crippen LogP contribution in [-0.2, 0) is 23.4 Å². The lowest BCUT2D eigenvalue weighted by Gasteiger charge is -2.45. The van der Waals surface area contributed by atoms with Crippen LogP contribution >= 0.6 is 0 Å². The molecule has 0 radical (unpaired) electrons. The number of ether oxygens (including phenoxy) is 3. The third-order valence-electron chi connectivity index (χ3n) is 7.54. The van der Waals surface area contributed by atoms with E-state index < -0.39 is 19.5 Å². The van der Waals surface area contributed by atoms with Crippen LogP contribution in [0.2, 0.25) is 18.1 Å². The van der Waals surface area contributed by atoms with Gasteiger partial charge in [0.2, 0.25) is 0 Å². The minimum absolute atomic E-state index is 0.170. The van der Waals surface area contributed by atoms with Gasteiger partial charge in [-0.1, -0.05) is 62.3 Å². The second-order valence-electron chi connectivity index (χ2n) is 12.5. The zero-order valence-electron chi connectivity index (χ0n) is 25.5. The van der Waals surface area contributed by atoms with Crippen molar-refractivity contribution in [3.8, 4) is 0 Å². The number of rotatable bonds is 13. The van der Waals surface area contributed by atoms with E-state index in [2.05, 4.69) is 78.6 Å². The maximum absolute atomic E-state index is 13.1. The number of allylic oxidation sites excluding steroid dienone is 5. The first-order valence-corrected chi connectivity index (χ1v) is 16.7. The third kappa shape index (κ3) is 10.7. The summed E-state index contributed by atoms with van der Waals surface area (Å²) in [7, 11) is -1.72. The van der Waals surface area contributed by atoms with Gasteiger partial charge in [0, 0.05) is 6.42 Å². The minimum atomic E-state index is -1.72. The van der Waals surface area contributed by atoms with Crippen LogP contribution in [-0.4, -0.2) is 45.5 Å². The second kappa shape index (κ2) is 14.1. The van der Waals surface area contributed by atoms with Crippen LogP contribution in [0.3, 0.4) is 0 Å². The van der Waals surface area contributed by atoms with Gasteiger partial charge in [-0.15, -0.1) is 6.58 Å². The maximum atomic E-state index is 13.1. The van der Waals surface area contributed by atoms with E-state index in [1.54, 1.807) is 6.08 Å². The van der Waals surface area contributed by atoms with Gasteiger partial charge in [-0.3, -0.25) is 4.79 Å². The van der Waals surface area contributed by atoms with Crippen LogP contribution in [0.25, 0.3) is 0 Å². The molecule has 0 aliphatic carbocycles. The topological polar surface area (TPSA) is 54.0 Å². The minimum Gasteiger partial charge on any atom is -0.465 e. The van der Waals surface area contributed by atoms with Crippen LogP contribution in [0.1, 0.15) is 88.0 Å². The van der Waals surface area contributed by atoms with Crippen molar-refractivity contribution in [1.29, 1.82) is 0 Å². The highest BCUT2D eigenvalue weighted by molar-refractivity contribution is 6.74. The molecule has 0 N–H and O–H groups in total. The molecule has 0 bridgehead atoms. The third-order valence-corrected chi connectivity index (χ3v) is 12.0. The first-order chi connectivity index (χ1) is 17.0. The fraction of sp³-hybridized carbons (Fsp3) is 0.710. The zero-order chi connectivity index (χ0) is 28.5. The van der Waals surface area contributed by atoms with E-state index in [1.165, 1.54) is 5.57 Å². The maximum Gasteiger partial charge on any atom is 0.314 e. The SMILES string of the molecule is C=C[C@@H]1C[C@H]([C@@](C)(C/C=C(C)/C=C/CC/C=C(\C)CO[Si](C)(C)C(C)(C)C)C(=O)OCC)OC(C)(C)O1. The van der Waals surface area contributed by atoms with E-state index in [0.717, 1.165) is 18.4 Å². The van der Waals surface area contributed by atoms with E-state index in [1.807, 2.05) is 27.7 Å². The molecule has 0 aromatic rings. The molecular weight excluding hydrogens is 480 g/mol. The van der Waals surface area contributed by atoms with Gasteiger partial charge in [-0.2, -0.15) is 0 Å². The smallest absolute Gasteiger partial charge is 0.314 e. The fourth-order valence-electron chi connectivity index (χ4n) is 3.92. The Hall–Kier alpha value is -1.47. The molecule has 0 saturated carbocycles. The number of carbonyl (C=O) groups excluding carboxylic acids is 1. The van der Waals surface area contributed by atoms with Gasteiger partial charge < -0.3 is 18.6 Å². The first kappa shape index (κ1) is 33.6. The Morgan fingerprint density at radius 3 is 2.32 bits per heavy atom. The average molecular weight is 535 g/mol. The zero-order valence-corrected chi connectivity index (χ0v) is 26.5. The van der Waals surface area contributed by atoms with Crippen LogP contribution in [0.15, 0.2) is 48.1 Å². The molecule has 1 aliphatic heterocycles. The van der Waals surface area contributed by atoms with Crippen molar-refractivity contribution in [1.82, 2.24) is 0 Å². The van der Waals surface area contributed by atoms with Gasteiger partial charge in [0.15, 0.2) is 14.1 Å². The van der Waals surface area contributed by atoms with Crippen molar-refractivity contribution < 1.29 is 23.4 Å². The standard InChI is InChI=1S/C31H54O5Si/c1-13-26-22-27(36-30(8,9)35-26)31(10,28(32)33-14-2)21-20-24(3)18-16-15-17-19-25(4)23-34-37(11,12)29(5,6)7/h13,16,18-20,26-27H,1,14-15,17,21-23H2,2-12H3/b18-16+,24-20+,25-19+/t26-,27-,31-/m1/s1. The molecular formula is C31H54O5Si. The molecule has 6 heteroatoms. The largest absolute Gasteiger partial charge is 0.465 e. The van der Waals surface area contributed by atoms with E-state index >= 15 is 0 Å². The summed E-state index contributed by atoms with van der Waals surface area (Å²) in [5.74, 6) is -1.04. The fourth-order valence-corrected chi connectivity index (χ4v) is 4.95. The Kier molecular flexibility index (Phi) is 12.8. The lowest BCUT2D eigenvalue weighted by atomic mass is 9.77. The van der Waals surface area contributed by atoms with Gasteiger partial charge in [-0.05, 0) is 78.9 Å². The molecule has 1 saturated heterocycles. The van der Waals surface area contributed by atoms with Crippen molar-refractivity contribution in [2.24, 2.45) is 5.41 Å². The van der Waals surface area contributed by atoms with Crippen molar-refractivity contribution in [3.05, 3.63) is 48.1 Å². The molecule has 1 aliphatic rings. The van der Waals surface area contributed by atoms with Crippen LogP contribution in [0, 0.1) is 5.41 Å².